The van der Waals surface area contributed by atoms with Gasteiger partial charge in [-0.15, -0.1) is 11.3 Å². The predicted molar refractivity (Wildman–Crippen MR) is 125 cm³/mol. The molecule has 0 spiro atoms. The normalized spacial score (nSPS) is 10.4. The molecule has 0 bridgehead atoms. The fourth-order valence-electron chi connectivity index (χ4n) is 2.93. The van der Waals surface area contributed by atoms with Gasteiger partial charge in [-0.05, 0) is 23.3 Å². The Labute approximate surface area is 189 Å². The molecular formula is C25H20N2O4S. The maximum Gasteiger partial charge on any atom is 0.344 e. The molecule has 160 valence electrons. The van der Waals surface area contributed by atoms with Crippen LogP contribution in [-0.4, -0.2) is 30.1 Å². The number of rotatable bonds is 8. The summed E-state index contributed by atoms with van der Waals surface area (Å²) in [4.78, 5) is 28.3. The van der Waals surface area contributed by atoms with Gasteiger partial charge in [0.05, 0.1) is 5.69 Å². The van der Waals surface area contributed by atoms with Crippen molar-refractivity contribution in [3.8, 4) is 28.1 Å². The first-order chi connectivity index (χ1) is 15.7. The standard InChI is InChI=1S/C25H20N2O4S/c28-23(15-31-24(29)16-30-21-9-5-2-6-10-21)27-25-26-22(17-32-25)20-13-11-19(12-14-20)18-7-3-1-4-8-18/h1-14,17H,15-16H2,(H,26,27,28). The summed E-state index contributed by atoms with van der Waals surface area (Å²) in [7, 11) is 0. The Bertz CT molecular complexity index is 1180. The van der Waals surface area contributed by atoms with E-state index in [-0.39, 0.29) is 6.61 Å². The molecule has 0 radical (unpaired) electrons. The first-order valence-corrected chi connectivity index (χ1v) is 10.8. The molecule has 0 saturated carbocycles. The summed E-state index contributed by atoms with van der Waals surface area (Å²) in [6, 6.07) is 27.1. The summed E-state index contributed by atoms with van der Waals surface area (Å²) in [5.74, 6) is -0.526. The second-order valence-corrected chi connectivity index (χ2v) is 7.65. The van der Waals surface area contributed by atoms with Crippen molar-refractivity contribution in [3.63, 3.8) is 0 Å². The number of aromatic nitrogens is 1. The molecule has 0 atom stereocenters. The van der Waals surface area contributed by atoms with E-state index >= 15 is 0 Å². The number of carbonyl (C=O) groups is 2. The zero-order valence-electron chi connectivity index (χ0n) is 17.1. The first kappa shape index (κ1) is 21.3. The van der Waals surface area contributed by atoms with Gasteiger partial charge in [-0.2, -0.15) is 0 Å². The number of carbonyl (C=O) groups excluding carboxylic acids is 2. The number of amides is 1. The fraction of sp³-hybridized carbons (Fsp3) is 0.0800. The lowest BCUT2D eigenvalue weighted by Gasteiger charge is -2.06. The lowest BCUT2D eigenvalue weighted by atomic mass is 10.0. The van der Waals surface area contributed by atoms with Gasteiger partial charge in [-0.25, -0.2) is 9.78 Å². The topological polar surface area (TPSA) is 77.5 Å². The minimum Gasteiger partial charge on any atom is -0.482 e. The van der Waals surface area contributed by atoms with Crippen molar-refractivity contribution in [1.29, 1.82) is 0 Å². The number of esters is 1. The maximum absolute atomic E-state index is 12.1. The molecule has 1 amide bonds. The molecule has 0 unspecified atom stereocenters. The molecule has 0 aliphatic carbocycles. The lowest BCUT2D eigenvalue weighted by Crippen LogP contribution is -2.23. The minimum absolute atomic E-state index is 0.266. The second-order valence-electron chi connectivity index (χ2n) is 6.79. The second kappa shape index (κ2) is 10.4. The maximum atomic E-state index is 12.1. The number of benzene rings is 3. The summed E-state index contributed by atoms with van der Waals surface area (Å²) in [6.45, 7) is -0.671. The third-order valence-electron chi connectivity index (χ3n) is 4.50. The van der Waals surface area contributed by atoms with Crippen molar-refractivity contribution in [2.75, 3.05) is 18.5 Å². The first-order valence-electron chi connectivity index (χ1n) is 9.92. The summed E-state index contributed by atoms with van der Waals surface area (Å²) in [5.41, 5.74) is 3.98. The van der Waals surface area contributed by atoms with E-state index in [9.17, 15) is 9.59 Å². The number of nitrogens with zero attached hydrogens (tertiary/aromatic N) is 1. The van der Waals surface area contributed by atoms with E-state index < -0.39 is 18.5 Å². The molecule has 0 aliphatic heterocycles. The largest absolute Gasteiger partial charge is 0.482 e. The quantitative estimate of drug-likeness (QED) is 0.385. The number of nitrogens with one attached hydrogen (secondary N) is 1. The van der Waals surface area contributed by atoms with Crippen LogP contribution in [0, 0.1) is 0 Å². The Hall–Kier alpha value is -3.97. The van der Waals surface area contributed by atoms with Gasteiger partial charge in [0.2, 0.25) is 0 Å². The lowest BCUT2D eigenvalue weighted by molar-refractivity contribution is -0.149. The van der Waals surface area contributed by atoms with E-state index in [4.69, 9.17) is 9.47 Å². The highest BCUT2D eigenvalue weighted by Crippen LogP contribution is 2.27. The average molecular weight is 445 g/mol. The minimum atomic E-state index is -0.623. The van der Waals surface area contributed by atoms with Gasteiger partial charge >= 0.3 is 5.97 Å². The van der Waals surface area contributed by atoms with Crippen LogP contribution in [-0.2, 0) is 14.3 Å². The van der Waals surface area contributed by atoms with E-state index in [1.807, 2.05) is 53.9 Å². The molecular weight excluding hydrogens is 424 g/mol. The van der Waals surface area contributed by atoms with Crippen molar-refractivity contribution >= 4 is 28.3 Å². The Morgan fingerprint density at radius 3 is 2.12 bits per heavy atom. The molecule has 3 aromatic carbocycles. The van der Waals surface area contributed by atoms with Gasteiger partial charge in [0.25, 0.3) is 5.91 Å². The Morgan fingerprint density at radius 2 is 1.41 bits per heavy atom. The fourth-order valence-corrected chi connectivity index (χ4v) is 3.67. The molecule has 7 heteroatoms. The van der Waals surface area contributed by atoms with Gasteiger partial charge in [0.15, 0.2) is 18.3 Å². The van der Waals surface area contributed by atoms with Gasteiger partial charge < -0.3 is 9.47 Å². The van der Waals surface area contributed by atoms with Crippen molar-refractivity contribution in [2.45, 2.75) is 0 Å². The highest BCUT2D eigenvalue weighted by Gasteiger charge is 2.11. The number of para-hydroxylation sites is 1. The zero-order chi connectivity index (χ0) is 22.2. The molecule has 0 saturated heterocycles. The summed E-state index contributed by atoms with van der Waals surface area (Å²) >= 11 is 1.31. The van der Waals surface area contributed by atoms with E-state index in [1.165, 1.54) is 11.3 Å². The predicted octanol–water partition coefficient (Wildman–Crippen LogP) is 5.04. The van der Waals surface area contributed by atoms with Crippen LogP contribution in [0.15, 0.2) is 90.3 Å². The van der Waals surface area contributed by atoms with Crippen LogP contribution < -0.4 is 10.1 Å². The Balaban J connectivity index is 1.26. The Morgan fingerprint density at radius 1 is 0.781 bits per heavy atom. The van der Waals surface area contributed by atoms with Crippen LogP contribution in [0.25, 0.3) is 22.4 Å². The van der Waals surface area contributed by atoms with Crippen molar-refractivity contribution < 1.29 is 19.1 Å². The molecule has 4 rings (SSSR count). The number of hydrogen-bond acceptors (Lipinski definition) is 6. The van der Waals surface area contributed by atoms with Crippen LogP contribution in [0.4, 0.5) is 5.13 Å². The van der Waals surface area contributed by atoms with Crippen LogP contribution in [0.5, 0.6) is 5.75 Å². The van der Waals surface area contributed by atoms with Gasteiger partial charge in [-0.1, -0.05) is 72.8 Å². The highest BCUT2D eigenvalue weighted by molar-refractivity contribution is 7.14. The van der Waals surface area contributed by atoms with Crippen LogP contribution in [0.1, 0.15) is 0 Å². The number of ether oxygens (including phenoxy) is 2. The smallest absolute Gasteiger partial charge is 0.344 e. The van der Waals surface area contributed by atoms with Crippen LogP contribution in [0.2, 0.25) is 0 Å². The number of hydrogen-bond donors (Lipinski definition) is 1. The third-order valence-corrected chi connectivity index (χ3v) is 5.26. The molecule has 1 aromatic heterocycles. The molecule has 1 N–H and O–H groups in total. The summed E-state index contributed by atoms with van der Waals surface area (Å²) in [6.07, 6.45) is 0. The average Bonchev–Trinajstić information content (AvgIpc) is 3.31. The molecule has 0 aliphatic rings. The van der Waals surface area contributed by atoms with Crippen molar-refractivity contribution in [3.05, 3.63) is 90.3 Å². The molecule has 1 heterocycles. The highest BCUT2D eigenvalue weighted by atomic mass is 32.1. The van der Waals surface area contributed by atoms with Gasteiger partial charge in [-0.3, -0.25) is 10.1 Å². The molecule has 6 nitrogen and oxygen atoms in total. The van der Waals surface area contributed by atoms with Gasteiger partial charge in [0.1, 0.15) is 5.75 Å². The van der Waals surface area contributed by atoms with Crippen LogP contribution in [0.3, 0.4) is 0 Å². The van der Waals surface area contributed by atoms with E-state index in [1.54, 1.807) is 24.3 Å². The Kier molecular flexibility index (Phi) is 6.89. The van der Waals surface area contributed by atoms with Crippen molar-refractivity contribution in [1.82, 2.24) is 4.98 Å². The monoisotopic (exact) mass is 444 g/mol. The molecule has 0 fully saturated rings. The van der Waals surface area contributed by atoms with E-state index in [0.29, 0.717) is 10.9 Å². The van der Waals surface area contributed by atoms with Gasteiger partial charge in [0, 0.05) is 10.9 Å². The number of anilines is 1. The van der Waals surface area contributed by atoms with E-state index in [2.05, 4.69) is 22.4 Å². The van der Waals surface area contributed by atoms with E-state index in [0.717, 1.165) is 22.4 Å². The van der Waals surface area contributed by atoms with Crippen molar-refractivity contribution in [2.24, 2.45) is 0 Å². The molecule has 4 aromatic rings. The number of thiazole rings is 1. The molecule has 32 heavy (non-hydrogen) atoms. The zero-order valence-corrected chi connectivity index (χ0v) is 17.9. The SMILES string of the molecule is O=C(COC(=O)COc1ccccc1)Nc1nc(-c2ccc(-c3ccccc3)cc2)cs1. The third kappa shape index (κ3) is 5.80. The van der Waals surface area contributed by atoms with Crippen LogP contribution >= 0.6 is 11.3 Å². The summed E-state index contributed by atoms with van der Waals surface area (Å²) in [5, 5.41) is 4.96. The summed E-state index contributed by atoms with van der Waals surface area (Å²) < 4.78 is 10.2.